The number of likely N-dealkylation sites (tertiary alicyclic amines) is 1. The summed E-state index contributed by atoms with van der Waals surface area (Å²) < 4.78 is 1.25. The van der Waals surface area contributed by atoms with Gasteiger partial charge < -0.3 is 10.6 Å². The van der Waals surface area contributed by atoms with E-state index >= 15 is 0 Å². The Morgan fingerprint density at radius 2 is 1.95 bits per heavy atom. The molecule has 1 aromatic carbocycles. The van der Waals surface area contributed by atoms with Crippen LogP contribution in [0.25, 0.3) is 0 Å². The van der Waals surface area contributed by atoms with Crippen molar-refractivity contribution in [3.8, 4) is 0 Å². The van der Waals surface area contributed by atoms with E-state index < -0.39 is 0 Å². The summed E-state index contributed by atoms with van der Waals surface area (Å²) in [6, 6.07) is 6.79. The second-order valence-electron chi connectivity index (χ2n) is 6.60. The molecule has 0 saturated carbocycles. The maximum atomic E-state index is 6.09. The lowest BCUT2D eigenvalue weighted by Crippen LogP contribution is -2.34. The van der Waals surface area contributed by atoms with Gasteiger partial charge in [0, 0.05) is 10.0 Å². The van der Waals surface area contributed by atoms with E-state index in [1.807, 2.05) is 0 Å². The van der Waals surface area contributed by atoms with Crippen molar-refractivity contribution < 1.29 is 0 Å². The first kappa shape index (κ1) is 15.0. The Hall–Kier alpha value is -0.380. The predicted octanol–water partition coefficient (Wildman–Crippen LogP) is 3.54. The van der Waals surface area contributed by atoms with Gasteiger partial charge in [0.05, 0.1) is 0 Å². The fourth-order valence-corrected chi connectivity index (χ4v) is 3.61. The van der Waals surface area contributed by atoms with E-state index in [4.69, 9.17) is 5.73 Å². The summed E-state index contributed by atoms with van der Waals surface area (Å²) in [6.07, 6.45) is 3.44. The summed E-state index contributed by atoms with van der Waals surface area (Å²) in [5.74, 6) is 0.700. The minimum absolute atomic E-state index is 0.144. The number of nitrogens with zero attached hydrogens (tertiary/aromatic N) is 1. The van der Waals surface area contributed by atoms with Gasteiger partial charge in [-0.05, 0) is 76.4 Å². The van der Waals surface area contributed by atoms with Crippen LogP contribution in [0.3, 0.4) is 0 Å². The number of halogens is 1. The maximum Gasteiger partial charge on any atom is 0.0212 e. The molecular formula is C16H25BrN2. The zero-order valence-electron chi connectivity index (χ0n) is 12.2. The second-order valence-corrected chi connectivity index (χ2v) is 7.45. The van der Waals surface area contributed by atoms with Crippen LogP contribution in [0.15, 0.2) is 22.7 Å². The van der Waals surface area contributed by atoms with Crippen molar-refractivity contribution in [2.45, 2.75) is 44.6 Å². The molecular weight excluding hydrogens is 300 g/mol. The lowest BCUT2D eigenvalue weighted by Gasteiger charge is -2.30. The Labute approximate surface area is 125 Å². The fraction of sp³-hybridized carbons (Fsp3) is 0.625. The highest BCUT2D eigenvalue weighted by atomic mass is 79.9. The Bertz CT molecular complexity index is 429. The maximum absolute atomic E-state index is 6.09. The summed E-state index contributed by atoms with van der Waals surface area (Å²) >= 11 is 3.75. The van der Waals surface area contributed by atoms with Crippen molar-refractivity contribution in [2.24, 2.45) is 5.73 Å². The van der Waals surface area contributed by atoms with Gasteiger partial charge in [-0.15, -0.1) is 0 Å². The monoisotopic (exact) mass is 324 g/mol. The topological polar surface area (TPSA) is 29.3 Å². The van der Waals surface area contributed by atoms with Gasteiger partial charge in [0.15, 0.2) is 0 Å². The van der Waals surface area contributed by atoms with Gasteiger partial charge in [0.1, 0.15) is 0 Å². The highest BCUT2D eigenvalue weighted by molar-refractivity contribution is 9.10. The van der Waals surface area contributed by atoms with Crippen LogP contribution in [-0.4, -0.2) is 30.6 Å². The van der Waals surface area contributed by atoms with Crippen LogP contribution in [0.4, 0.5) is 0 Å². The van der Waals surface area contributed by atoms with Crippen molar-refractivity contribution in [3.63, 3.8) is 0 Å². The molecule has 2 rings (SSSR count). The first-order valence-electron chi connectivity index (χ1n) is 7.11. The second kappa shape index (κ2) is 5.94. The van der Waals surface area contributed by atoms with Crippen molar-refractivity contribution in [2.75, 3.05) is 20.1 Å². The molecule has 3 heteroatoms. The summed E-state index contributed by atoms with van der Waals surface area (Å²) in [5, 5.41) is 0. The lowest BCUT2D eigenvalue weighted by molar-refractivity contribution is 0.255. The number of hydrogen-bond acceptors (Lipinski definition) is 2. The third kappa shape index (κ3) is 4.30. The molecule has 1 fully saturated rings. The summed E-state index contributed by atoms with van der Waals surface area (Å²) in [4.78, 5) is 2.41. The van der Waals surface area contributed by atoms with E-state index in [0.717, 1.165) is 6.42 Å². The van der Waals surface area contributed by atoms with E-state index in [9.17, 15) is 0 Å². The minimum atomic E-state index is -0.144. The highest BCUT2D eigenvalue weighted by Gasteiger charge is 2.21. The number of piperidine rings is 1. The molecule has 1 aliphatic heterocycles. The molecule has 0 aliphatic carbocycles. The average Bonchev–Trinajstić information content (AvgIpc) is 2.29. The van der Waals surface area contributed by atoms with Gasteiger partial charge in [-0.1, -0.05) is 28.1 Å². The number of benzene rings is 1. The molecule has 0 radical (unpaired) electrons. The molecule has 0 unspecified atom stereocenters. The van der Waals surface area contributed by atoms with Crippen LogP contribution >= 0.6 is 15.9 Å². The van der Waals surface area contributed by atoms with Gasteiger partial charge >= 0.3 is 0 Å². The zero-order valence-corrected chi connectivity index (χ0v) is 13.8. The van der Waals surface area contributed by atoms with Gasteiger partial charge in [-0.2, -0.15) is 0 Å². The molecule has 1 aliphatic rings. The van der Waals surface area contributed by atoms with E-state index in [1.54, 1.807) is 0 Å². The Kier molecular flexibility index (Phi) is 4.70. The molecule has 19 heavy (non-hydrogen) atoms. The molecule has 2 nitrogen and oxygen atoms in total. The molecule has 0 atom stereocenters. The van der Waals surface area contributed by atoms with E-state index in [2.05, 4.69) is 59.9 Å². The molecule has 106 valence electrons. The summed E-state index contributed by atoms with van der Waals surface area (Å²) in [6.45, 7) is 6.56. The van der Waals surface area contributed by atoms with Crippen LogP contribution in [0.2, 0.25) is 0 Å². The Morgan fingerprint density at radius 3 is 2.47 bits per heavy atom. The summed E-state index contributed by atoms with van der Waals surface area (Å²) in [5.41, 5.74) is 8.73. The Balaban J connectivity index is 2.11. The molecule has 0 aromatic heterocycles. The van der Waals surface area contributed by atoms with Gasteiger partial charge in [0.2, 0.25) is 0 Å². The van der Waals surface area contributed by atoms with Crippen molar-refractivity contribution in [1.82, 2.24) is 4.90 Å². The van der Waals surface area contributed by atoms with Crippen LogP contribution in [0, 0.1) is 0 Å². The molecule has 2 N–H and O–H groups in total. The first-order chi connectivity index (χ1) is 8.85. The van der Waals surface area contributed by atoms with E-state index in [1.165, 1.54) is 41.5 Å². The van der Waals surface area contributed by atoms with Crippen LogP contribution in [0.1, 0.15) is 43.7 Å². The highest BCUT2D eigenvalue weighted by Crippen LogP contribution is 2.33. The van der Waals surface area contributed by atoms with Gasteiger partial charge in [-0.3, -0.25) is 0 Å². The van der Waals surface area contributed by atoms with Gasteiger partial charge in [-0.25, -0.2) is 0 Å². The molecule has 0 amide bonds. The van der Waals surface area contributed by atoms with Crippen LogP contribution < -0.4 is 5.73 Å². The minimum Gasteiger partial charge on any atom is -0.325 e. The first-order valence-corrected chi connectivity index (χ1v) is 7.90. The molecule has 0 spiro atoms. The largest absolute Gasteiger partial charge is 0.325 e. The molecule has 1 aromatic rings. The Morgan fingerprint density at radius 1 is 1.32 bits per heavy atom. The molecule has 0 bridgehead atoms. The van der Waals surface area contributed by atoms with E-state index in [0.29, 0.717) is 5.92 Å². The van der Waals surface area contributed by atoms with Crippen molar-refractivity contribution >= 4 is 15.9 Å². The number of rotatable bonds is 3. The lowest BCUT2D eigenvalue weighted by atomic mass is 9.88. The van der Waals surface area contributed by atoms with Crippen molar-refractivity contribution in [1.29, 1.82) is 0 Å². The summed E-state index contributed by atoms with van der Waals surface area (Å²) in [7, 11) is 2.21. The van der Waals surface area contributed by atoms with E-state index in [-0.39, 0.29) is 5.54 Å². The third-order valence-electron chi connectivity index (χ3n) is 3.88. The zero-order chi connectivity index (χ0) is 14.0. The fourth-order valence-electron chi connectivity index (χ4n) is 2.86. The number of hydrogen-bond donors (Lipinski definition) is 1. The molecule has 1 heterocycles. The predicted molar refractivity (Wildman–Crippen MR) is 85.6 cm³/mol. The standard InChI is InChI=1S/C16H25BrN2/c1-16(2,18)11-12-4-5-14(15(17)10-12)13-6-8-19(3)9-7-13/h4-5,10,13H,6-9,11,18H2,1-3H3. The average molecular weight is 325 g/mol. The normalized spacial score (nSPS) is 18.8. The van der Waals surface area contributed by atoms with Gasteiger partial charge in [0.25, 0.3) is 0 Å². The van der Waals surface area contributed by atoms with Crippen molar-refractivity contribution in [3.05, 3.63) is 33.8 Å². The quantitative estimate of drug-likeness (QED) is 0.921. The molecule has 1 saturated heterocycles. The SMILES string of the molecule is CN1CCC(c2ccc(CC(C)(C)N)cc2Br)CC1. The number of nitrogens with two attached hydrogens (primary N) is 1. The van der Waals surface area contributed by atoms with Crippen LogP contribution in [-0.2, 0) is 6.42 Å². The smallest absolute Gasteiger partial charge is 0.0212 e. The van der Waals surface area contributed by atoms with Crippen LogP contribution in [0.5, 0.6) is 0 Å². The third-order valence-corrected chi connectivity index (χ3v) is 4.57.